The highest BCUT2D eigenvalue weighted by Gasteiger charge is 2.70. The van der Waals surface area contributed by atoms with Gasteiger partial charge in [-0.15, -0.1) is 0 Å². The van der Waals surface area contributed by atoms with Gasteiger partial charge in [0.05, 0.1) is 0 Å². The molecule has 0 nitrogen and oxygen atoms in total. The molecule has 0 radical (unpaired) electrons. The first-order valence-corrected chi connectivity index (χ1v) is 11.0. The lowest BCUT2D eigenvalue weighted by Gasteiger charge is -2.54. The lowest BCUT2D eigenvalue weighted by atomic mass is 9.54. The summed E-state index contributed by atoms with van der Waals surface area (Å²) in [6.45, 7) is 27.0. The summed E-state index contributed by atoms with van der Waals surface area (Å²) in [5.41, 5.74) is 1.15. The molecular weight excluding hydrogens is 308 g/mol. The second-order valence-corrected chi connectivity index (χ2v) is 11.2. The fourth-order valence-electron chi connectivity index (χ4n) is 5.96. The fraction of sp³-hybridized carbons (Fsp3) is 1.00. The van der Waals surface area contributed by atoms with E-state index in [-0.39, 0.29) is 4.75 Å². The van der Waals surface area contributed by atoms with Gasteiger partial charge in [0.25, 0.3) is 0 Å². The third-order valence-corrected chi connectivity index (χ3v) is 10.00. The van der Waals surface area contributed by atoms with E-state index in [2.05, 4.69) is 76.2 Å². The average molecular weight is 355 g/mol. The zero-order valence-corrected chi connectivity index (χ0v) is 19.5. The van der Waals surface area contributed by atoms with Gasteiger partial charge in [-0.25, -0.2) is 0 Å². The molecule has 0 saturated heterocycles. The topological polar surface area (TPSA) is 0 Å². The lowest BCUT2D eigenvalue weighted by molar-refractivity contribution is -0.00127. The van der Waals surface area contributed by atoms with Gasteiger partial charge >= 0.3 is 0 Å². The summed E-state index contributed by atoms with van der Waals surface area (Å²) >= 11 is 5.31. The standard InChI is InChI=1S/C23H46S/c1-12-17(6)20(8,9)21(10)15-19(21)23(14-3,18(7)16(4)5)22(11,24)13-2/h16-19,24H,12-15H2,1-11H3. The van der Waals surface area contributed by atoms with E-state index in [0.29, 0.717) is 28.1 Å². The Balaban J connectivity index is 3.40. The van der Waals surface area contributed by atoms with Crippen LogP contribution in [0.15, 0.2) is 0 Å². The largest absolute Gasteiger partial charge is 0.172 e. The Hall–Kier alpha value is 0.350. The van der Waals surface area contributed by atoms with Gasteiger partial charge in [-0.2, -0.15) is 12.6 Å². The molecule has 1 saturated carbocycles. The van der Waals surface area contributed by atoms with E-state index in [1.807, 2.05) is 0 Å². The van der Waals surface area contributed by atoms with Crippen LogP contribution in [0.4, 0.5) is 0 Å². The molecule has 0 aromatic rings. The van der Waals surface area contributed by atoms with E-state index in [9.17, 15) is 0 Å². The van der Waals surface area contributed by atoms with Crippen molar-refractivity contribution in [1.29, 1.82) is 0 Å². The molecule has 1 rings (SSSR count). The summed E-state index contributed by atoms with van der Waals surface area (Å²) in [6, 6.07) is 0. The predicted molar refractivity (Wildman–Crippen MR) is 114 cm³/mol. The summed E-state index contributed by atoms with van der Waals surface area (Å²) in [7, 11) is 0. The second-order valence-electron chi connectivity index (χ2n) is 10.3. The molecular formula is C23H46S. The first-order valence-electron chi connectivity index (χ1n) is 10.5. The van der Waals surface area contributed by atoms with Crippen molar-refractivity contribution in [3.8, 4) is 0 Å². The summed E-state index contributed by atoms with van der Waals surface area (Å²) in [6.07, 6.45) is 5.06. The van der Waals surface area contributed by atoms with Crippen LogP contribution in [0.3, 0.4) is 0 Å². The Kier molecular flexibility index (Phi) is 6.68. The van der Waals surface area contributed by atoms with Crippen molar-refractivity contribution >= 4 is 12.6 Å². The van der Waals surface area contributed by atoms with Crippen molar-refractivity contribution in [1.82, 2.24) is 0 Å². The molecule has 0 heterocycles. The van der Waals surface area contributed by atoms with Gasteiger partial charge in [-0.05, 0) is 59.2 Å². The maximum atomic E-state index is 5.31. The summed E-state index contributed by atoms with van der Waals surface area (Å²) in [4.78, 5) is 0. The Morgan fingerprint density at radius 3 is 1.83 bits per heavy atom. The highest BCUT2D eigenvalue weighted by atomic mass is 32.1. The van der Waals surface area contributed by atoms with Crippen LogP contribution in [-0.2, 0) is 0 Å². The normalized spacial score (nSPS) is 32.1. The van der Waals surface area contributed by atoms with Gasteiger partial charge in [0.1, 0.15) is 0 Å². The Bertz CT molecular complexity index is 422. The van der Waals surface area contributed by atoms with Crippen molar-refractivity contribution in [3.63, 3.8) is 0 Å². The number of hydrogen-bond donors (Lipinski definition) is 1. The number of rotatable bonds is 9. The van der Waals surface area contributed by atoms with Crippen LogP contribution in [0.5, 0.6) is 0 Å². The zero-order chi connectivity index (χ0) is 19.1. The van der Waals surface area contributed by atoms with E-state index >= 15 is 0 Å². The third kappa shape index (κ3) is 3.10. The molecule has 24 heavy (non-hydrogen) atoms. The van der Waals surface area contributed by atoms with Gasteiger partial charge < -0.3 is 0 Å². The molecule has 0 aromatic heterocycles. The van der Waals surface area contributed by atoms with E-state index in [1.165, 1.54) is 19.3 Å². The molecule has 1 aliphatic carbocycles. The van der Waals surface area contributed by atoms with Crippen molar-refractivity contribution in [2.45, 2.75) is 107 Å². The van der Waals surface area contributed by atoms with Crippen LogP contribution in [-0.4, -0.2) is 4.75 Å². The first-order chi connectivity index (χ1) is 10.8. The van der Waals surface area contributed by atoms with Gasteiger partial charge in [-0.1, -0.05) is 82.6 Å². The molecule has 6 atom stereocenters. The van der Waals surface area contributed by atoms with E-state index in [1.54, 1.807) is 0 Å². The second kappa shape index (κ2) is 7.16. The number of thiol groups is 1. The molecule has 0 spiro atoms. The lowest BCUT2D eigenvalue weighted by Crippen LogP contribution is -2.51. The zero-order valence-electron chi connectivity index (χ0n) is 18.6. The molecule has 0 bridgehead atoms. The molecule has 1 heteroatoms. The van der Waals surface area contributed by atoms with E-state index < -0.39 is 0 Å². The van der Waals surface area contributed by atoms with Crippen LogP contribution in [0, 0.1) is 39.9 Å². The summed E-state index contributed by atoms with van der Waals surface area (Å²) in [5.74, 6) is 2.96. The smallest absolute Gasteiger partial charge is 0.0160 e. The molecule has 1 aliphatic rings. The van der Waals surface area contributed by atoms with Gasteiger partial charge in [-0.3, -0.25) is 0 Å². The Morgan fingerprint density at radius 1 is 1.00 bits per heavy atom. The molecule has 0 N–H and O–H groups in total. The van der Waals surface area contributed by atoms with Crippen molar-refractivity contribution < 1.29 is 0 Å². The monoisotopic (exact) mass is 354 g/mol. The van der Waals surface area contributed by atoms with E-state index in [4.69, 9.17) is 12.6 Å². The first kappa shape index (κ1) is 22.4. The third-order valence-electron chi connectivity index (χ3n) is 9.26. The van der Waals surface area contributed by atoms with Crippen molar-refractivity contribution in [2.75, 3.05) is 0 Å². The predicted octanol–water partition coefficient (Wildman–Crippen LogP) is 7.87. The molecule has 0 amide bonds. The maximum Gasteiger partial charge on any atom is 0.0160 e. The molecule has 0 aromatic carbocycles. The quantitative estimate of drug-likeness (QED) is 0.400. The maximum absolute atomic E-state index is 5.31. The summed E-state index contributed by atoms with van der Waals surface area (Å²) in [5, 5.41) is 0. The minimum absolute atomic E-state index is 0.0966. The van der Waals surface area contributed by atoms with Gasteiger partial charge in [0, 0.05) is 4.75 Å². The number of hydrogen-bond acceptors (Lipinski definition) is 1. The van der Waals surface area contributed by atoms with Crippen molar-refractivity contribution in [2.24, 2.45) is 39.9 Å². The Morgan fingerprint density at radius 2 is 1.50 bits per heavy atom. The highest BCUT2D eigenvalue weighted by molar-refractivity contribution is 7.81. The van der Waals surface area contributed by atoms with Crippen LogP contribution < -0.4 is 0 Å². The van der Waals surface area contributed by atoms with Crippen LogP contribution in [0.25, 0.3) is 0 Å². The fourth-order valence-corrected chi connectivity index (χ4v) is 6.47. The van der Waals surface area contributed by atoms with Crippen LogP contribution in [0.1, 0.15) is 102 Å². The van der Waals surface area contributed by atoms with Crippen LogP contribution >= 0.6 is 12.6 Å². The van der Waals surface area contributed by atoms with Crippen LogP contribution in [0.2, 0.25) is 0 Å². The molecule has 6 unspecified atom stereocenters. The minimum Gasteiger partial charge on any atom is -0.172 e. The van der Waals surface area contributed by atoms with E-state index in [0.717, 1.165) is 18.3 Å². The molecule has 1 fully saturated rings. The van der Waals surface area contributed by atoms with Gasteiger partial charge in [0.2, 0.25) is 0 Å². The van der Waals surface area contributed by atoms with Crippen molar-refractivity contribution in [3.05, 3.63) is 0 Å². The Labute approximate surface area is 159 Å². The molecule has 144 valence electrons. The average Bonchev–Trinajstić information content (AvgIpc) is 3.21. The van der Waals surface area contributed by atoms with Gasteiger partial charge in [0.15, 0.2) is 0 Å². The SMILES string of the molecule is CCC(C)C(C)(C)C1(C)CC1C(CC)(C(C)C(C)C)C(C)(S)CC. The minimum atomic E-state index is 0.0966. The highest BCUT2D eigenvalue weighted by Crippen LogP contribution is 2.76. The summed E-state index contributed by atoms with van der Waals surface area (Å²) < 4.78 is 0.0966. The molecule has 0 aliphatic heterocycles.